The standard InChI is InChI=1S/C18H36O2/c1-15(2)9-11-19-13-17-5-7-18(8-6-17)14-20-12-10-16(3)4/h15-18H,5-14H2,1-4H3. The van der Waals surface area contributed by atoms with Crippen molar-refractivity contribution >= 4 is 0 Å². The van der Waals surface area contributed by atoms with Gasteiger partial charge in [-0.25, -0.2) is 0 Å². The van der Waals surface area contributed by atoms with Crippen LogP contribution in [0.15, 0.2) is 0 Å². The summed E-state index contributed by atoms with van der Waals surface area (Å²) in [6.45, 7) is 12.9. The Hall–Kier alpha value is -0.0800. The van der Waals surface area contributed by atoms with E-state index in [2.05, 4.69) is 27.7 Å². The second-order valence-electron chi connectivity index (χ2n) is 7.40. The third-order valence-corrected chi connectivity index (χ3v) is 4.35. The van der Waals surface area contributed by atoms with E-state index in [0.717, 1.165) is 50.1 Å². The smallest absolute Gasteiger partial charge is 0.0494 e. The van der Waals surface area contributed by atoms with Gasteiger partial charge in [-0.2, -0.15) is 0 Å². The van der Waals surface area contributed by atoms with Gasteiger partial charge in [0.25, 0.3) is 0 Å². The molecule has 20 heavy (non-hydrogen) atoms. The molecule has 0 aromatic rings. The zero-order valence-electron chi connectivity index (χ0n) is 14.2. The van der Waals surface area contributed by atoms with E-state index in [4.69, 9.17) is 9.47 Å². The van der Waals surface area contributed by atoms with E-state index in [1.807, 2.05) is 0 Å². The lowest BCUT2D eigenvalue weighted by molar-refractivity contribution is 0.0445. The van der Waals surface area contributed by atoms with Crippen molar-refractivity contribution in [1.82, 2.24) is 0 Å². The fraction of sp³-hybridized carbons (Fsp3) is 1.00. The predicted molar refractivity (Wildman–Crippen MR) is 86.0 cm³/mol. The van der Waals surface area contributed by atoms with Gasteiger partial charge in [0.1, 0.15) is 0 Å². The molecule has 0 spiro atoms. The monoisotopic (exact) mass is 284 g/mol. The first-order chi connectivity index (χ1) is 9.58. The van der Waals surface area contributed by atoms with Gasteiger partial charge in [0, 0.05) is 26.4 Å². The van der Waals surface area contributed by atoms with Crippen molar-refractivity contribution in [2.45, 2.75) is 66.2 Å². The Morgan fingerprint density at radius 1 is 0.700 bits per heavy atom. The summed E-state index contributed by atoms with van der Waals surface area (Å²) in [5.41, 5.74) is 0. The van der Waals surface area contributed by atoms with Crippen molar-refractivity contribution < 1.29 is 9.47 Å². The Morgan fingerprint density at radius 3 is 1.35 bits per heavy atom. The summed E-state index contributed by atoms with van der Waals surface area (Å²) in [7, 11) is 0. The first-order valence-electron chi connectivity index (χ1n) is 8.73. The van der Waals surface area contributed by atoms with Crippen LogP contribution in [-0.2, 0) is 9.47 Å². The molecule has 0 radical (unpaired) electrons. The average Bonchev–Trinajstić information content (AvgIpc) is 2.41. The summed E-state index contributed by atoms with van der Waals surface area (Å²) in [6, 6.07) is 0. The topological polar surface area (TPSA) is 18.5 Å². The van der Waals surface area contributed by atoms with Crippen LogP contribution in [0.3, 0.4) is 0 Å². The van der Waals surface area contributed by atoms with Crippen molar-refractivity contribution in [1.29, 1.82) is 0 Å². The van der Waals surface area contributed by atoms with E-state index < -0.39 is 0 Å². The van der Waals surface area contributed by atoms with Crippen LogP contribution in [-0.4, -0.2) is 26.4 Å². The van der Waals surface area contributed by atoms with Crippen LogP contribution >= 0.6 is 0 Å². The maximum Gasteiger partial charge on any atom is 0.0494 e. The van der Waals surface area contributed by atoms with E-state index in [-0.39, 0.29) is 0 Å². The van der Waals surface area contributed by atoms with Crippen molar-refractivity contribution in [2.75, 3.05) is 26.4 Å². The molecule has 0 bridgehead atoms. The Morgan fingerprint density at radius 2 is 1.05 bits per heavy atom. The minimum absolute atomic E-state index is 0.758. The first-order valence-corrected chi connectivity index (χ1v) is 8.73. The van der Waals surface area contributed by atoms with Gasteiger partial charge >= 0.3 is 0 Å². The number of hydrogen-bond acceptors (Lipinski definition) is 2. The largest absolute Gasteiger partial charge is 0.381 e. The van der Waals surface area contributed by atoms with Crippen molar-refractivity contribution in [2.24, 2.45) is 23.7 Å². The van der Waals surface area contributed by atoms with E-state index in [1.165, 1.54) is 38.5 Å². The van der Waals surface area contributed by atoms with Crippen LogP contribution in [0.5, 0.6) is 0 Å². The summed E-state index contributed by atoms with van der Waals surface area (Å²) in [4.78, 5) is 0. The minimum atomic E-state index is 0.758. The van der Waals surface area contributed by atoms with E-state index in [0.29, 0.717) is 0 Å². The van der Waals surface area contributed by atoms with Gasteiger partial charge in [0.15, 0.2) is 0 Å². The van der Waals surface area contributed by atoms with Crippen LogP contribution in [0.25, 0.3) is 0 Å². The Labute approximate surface area is 126 Å². The number of hydrogen-bond donors (Lipinski definition) is 0. The first kappa shape index (κ1) is 18.0. The lowest BCUT2D eigenvalue weighted by Gasteiger charge is -2.28. The molecule has 0 N–H and O–H groups in total. The molecule has 1 aliphatic rings. The zero-order valence-corrected chi connectivity index (χ0v) is 14.2. The van der Waals surface area contributed by atoms with Crippen LogP contribution in [0.2, 0.25) is 0 Å². The summed E-state index contributed by atoms with van der Waals surface area (Å²) >= 11 is 0. The van der Waals surface area contributed by atoms with E-state index in [1.54, 1.807) is 0 Å². The molecule has 0 atom stereocenters. The van der Waals surface area contributed by atoms with Crippen molar-refractivity contribution in [3.05, 3.63) is 0 Å². The third-order valence-electron chi connectivity index (χ3n) is 4.35. The molecule has 0 aromatic carbocycles. The number of rotatable bonds is 10. The lowest BCUT2D eigenvalue weighted by atomic mass is 9.83. The minimum Gasteiger partial charge on any atom is -0.381 e. The highest BCUT2D eigenvalue weighted by Crippen LogP contribution is 2.29. The maximum atomic E-state index is 5.81. The third kappa shape index (κ3) is 8.97. The predicted octanol–water partition coefficient (Wildman–Crippen LogP) is 4.92. The van der Waals surface area contributed by atoms with Gasteiger partial charge in [-0.3, -0.25) is 0 Å². The fourth-order valence-corrected chi connectivity index (χ4v) is 2.70. The van der Waals surface area contributed by atoms with Crippen molar-refractivity contribution in [3.8, 4) is 0 Å². The molecule has 1 saturated carbocycles. The molecule has 0 heterocycles. The van der Waals surface area contributed by atoms with E-state index in [9.17, 15) is 0 Å². The Balaban J connectivity index is 1.97. The Bertz CT molecular complexity index is 193. The molecule has 1 fully saturated rings. The van der Waals surface area contributed by atoms with Gasteiger partial charge in [0.05, 0.1) is 0 Å². The molecule has 0 unspecified atom stereocenters. The summed E-state index contributed by atoms with van der Waals surface area (Å²) in [6.07, 6.45) is 7.72. The second-order valence-corrected chi connectivity index (χ2v) is 7.40. The molecule has 0 aliphatic heterocycles. The average molecular weight is 284 g/mol. The molecule has 0 saturated heterocycles. The zero-order chi connectivity index (χ0) is 14.8. The Kier molecular flexibility index (Phi) is 9.54. The van der Waals surface area contributed by atoms with Gasteiger partial charge in [-0.15, -0.1) is 0 Å². The van der Waals surface area contributed by atoms with Crippen molar-refractivity contribution in [3.63, 3.8) is 0 Å². The van der Waals surface area contributed by atoms with Gasteiger partial charge in [0.2, 0.25) is 0 Å². The molecule has 2 nitrogen and oxygen atoms in total. The molecule has 0 amide bonds. The normalized spacial score (nSPS) is 23.7. The molecule has 2 heteroatoms. The van der Waals surface area contributed by atoms with Crippen LogP contribution < -0.4 is 0 Å². The maximum absolute atomic E-state index is 5.81. The molecule has 120 valence electrons. The van der Waals surface area contributed by atoms with Crippen LogP contribution in [0.1, 0.15) is 66.2 Å². The highest BCUT2D eigenvalue weighted by Gasteiger charge is 2.21. The van der Waals surface area contributed by atoms with Gasteiger partial charge in [-0.05, 0) is 62.2 Å². The van der Waals surface area contributed by atoms with Gasteiger partial charge < -0.3 is 9.47 Å². The number of ether oxygens (including phenoxy) is 2. The van der Waals surface area contributed by atoms with E-state index >= 15 is 0 Å². The summed E-state index contributed by atoms with van der Waals surface area (Å²) in [5.74, 6) is 3.12. The quantitative estimate of drug-likeness (QED) is 0.530. The van der Waals surface area contributed by atoms with Crippen LogP contribution in [0.4, 0.5) is 0 Å². The molecule has 0 aromatic heterocycles. The fourth-order valence-electron chi connectivity index (χ4n) is 2.70. The second kappa shape index (κ2) is 10.6. The lowest BCUT2D eigenvalue weighted by Crippen LogP contribution is -2.22. The molecule has 1 aliphatic carbocycles. The van der Waals surface area contributed by atoms with Gasteiger partial charge in [-0.1, -0.05) is 27.7 Å². The highest BCUT2D eigenvalue weighted by molar-refractivity contribution is 4.72. The summed E-state index contributed by atoms with van der Waals surface area (Å²) in [5, 5.41) is 0. The molecular weight excluding hydrogens is 248 g/mol. The summed E-state index contributed by atoms with van der Waals surface area (Å²) < 4.78 is 11.6. The molecule has 1 rings (SSSR count). The van der Waals surface area contributed by atoms with Crippen LogP contribution in [0, 0.1) is 23.7 Å². The SMILES string of the molecule is CC(C)CCOCC1CCC(COCCC(C)C)CC1. The highest BCUT2D eigenvalue weighted by atomic mass is 16.5. The molecular formula is C18H36O2.